The Hall–Kier alpha value is -4.08. The molecule has 1 fully saturated rings. The van der Waals surface area contributed by atoms with Crippen molar-refractivity contribution in [1.29, 1.82) is 0 Å². The van der Waals surface area contributed by atoms with Crippen molar-refractivity contribution in [2.45, 2.75) is 25.9 Å². The van der Waals surface area contributed by atoms with Gasteiger partial charge in [-0.2, -0.15) is 5.10 Å². The van der Waals surface area contributed by atoms with E-state index in [1.54, 1.807) is 47.7 Å². The fourth-order valence-corrected chi connectivity index (χ4v) is 3.44. The van der Waals surface area contributed by atoms with Gasteiger partial charge in [0.05, 0.1) is 18.9 Å². The van der Waals surface area contributed by atoms with Crippen LogP contribution in [0.15, 0.2) is 53.4 Å². The van der Waals surface area contributed by atoms with E-state index in [0.29, 0.717) is 28.5 Å². The number of aromatic nitrogens is 5. The first-order chi connectivity index (χ1) is 14.9. The molecule has 0 bridgehead atoms. The third-order valence-electron chi connectivity index (χ3n) is 5.21. The molecule has 1 aliphatic rings. The predicted molar refractivity (Wildman–Crippen MR) is 110 cm³/mol. The van der Waals surface area contributed by atoms with E-state index in [1.165, 1.54) is 24.7 Å². The van der Waals surface area contributed by atoms with Crippen molar-refractivity contribution in [2.24, 2.45) is 0 Å². The molecule has 1 saturated heterocycles. The smallest absolute Gasteiger partial charge is 0.253 e. The van der Waals surface area contributed by atoms with Crippen LogP contribution in [0.4, 0.5) is 15.9 Å². The van der Waals surface area contributed by atoms with Crippen molar-refractivity contribution in [3.8, 4) is 23.1 Å². The summed E-state index contributed by atoms with van der Waals surface area (Å²) in [6, 6.07) is 8.16. The molecule has 1 amide bonds. The second-order valence-electron chi connectivity index (χ2n) is 7.66. The number of hydrogen-bond acceptors (Lipinski definition) is 7. The van der Waals surface area contributed by atoms with Gasteiger partial charge >= 0.3 is 0 Å². The van der Waals surface area contributed by atoms with Gasteiger partial charge < -0.3 is 10.2 Å². The molecule has 0 saturated carbocycles. The van der Waals surface area contributed by atoms with E-state index >= 15 is 0 Å². The third kappa shape index (κ3) is 3.12. The number of nitrogens with zero attached hydrogens (tertiary/aromatic N) is 6. The highest BCUT2D eigenvalue weighted by molar-refractivity contribution is 6.20. The van der Waals surface area contributed by atoms with Crippen LogP contribution >= 0.6 is 0 Å². The average molecular weight is 419 g/mol. The van der Waals surface area contributed by atoms with Gasteiger partial charge in [0.1, 0.15) is 34.7 Å². The molecule has 5 rings (SSSR count). The molecule has 2 N–H and O–H groups in total. The highest BCUT2D eigenvalue weighted by atomic mass is 19.1. The van der Waals surface area contributed by atoms with Gasteiger partial charge in [0, 0.05) is 11.6 Å². The average Bonchev–Trinajstić information content (AvgIpc) is 3.20. The zero-order chi connectivity index (χ0) is 21.8. The van der Waals surface area contributed by atoms with Crippen LogP contribution in [0.2, 0.25) is 0 Å². The second-order valence-corrected chi connectivity index (χ2v) is 7.66. The highest BCUT2D eigenvalue weighted by Crippen LogP contribution is 2.41. The predicted octanol–water partition coefficient (Wildman–Crippen LogP) is 2.89. The minimum absolute atomic E-state index is 0.0455. The van der Waals surface area contributed by atoms with E-state index in [9.17, 15) is 9.18 Å². The van der Waals surface area contributed by atoms with E-state index in [2.05, 4.69) is 20.1 Å². The number of nitrogen functional groups attached to an aromatic ring is 1. The Morgan fingerprint density at radius 2 is 2.00 bits per heavy atom. The van der Waals surface area contributed by atoms with E-state index in [1.807, 2.05) is 0 Å². The lowest BCUT2D eigenvalue weighted by Crippen LogP contribution is -2.11. The summed E-state index contributed by atoms with van der Waals surface area (Å²) in [5, 5.41) is 4.54. The summed E-state index contributed by atoms with van der Waals surface area (Å²) in [5.74, 6) is 0.388. The minimum Gasteiger partial charge on any atom is -0.443 e. The standard InChI is InChI=1S/C21H18FN7O2/c1-21(2)20(30)29(21)16-10-25-18(26-17(16)23)14-9-15(19-24-7-8-31-19)28(27-14)11-12-5-3-4-6-13(12)22/h3-10H,11H2,1-2H3,(H2,23,25,26). The van der Waals surface area contributed by atoms with Crippen molar-refractivity contribution >= 4 is 17.4 Å². The van der Waals surface area contributed by atoms with Crippen LogP contribution in [-0.2, 0) is 11.3 Å². The number of amides is 1. The maximum atomic E-state index is 14.2. The zero-order valence-corrected chi connectivity index (χ0v) is 16.8. The van der Waals surface area contributed by atoms with Gasteiger partial charge in [-0.3, -0.25) is 14.4 Å². The molecule has 0 aliphatic carbocycles. The van der Waals surface area contributed by atoms with Crippen molar-refractivity contribution in [3.63, 3.8) is 0 Å². The lowest BCUT2D eigenvalue weighted by atomic mass is 10.2. The number of oxazole rings is 1. The molecule has 1 aliphatic heterocycles. The highest BCUT2D eigenvalue weighted by Gasteiger charge is 2.56. The second kappa shape index (κ2) is 6.73. The quantitative estimate of drug-likeness (QED) is 0.495. The van der Waals surface area contributed by atoms with E-state index < -0.39 is 5.54 Å². The van der Waals surface area contributed by atoms with Gasteiger partial charge in [-0.1, -0.05) is 18.2 Å². The SMILES string of the molecule is CC1(C)C(=O)N1c1cnc(-c2cc(-c3ncco3)n(Cc3ccccc3F)n2)nc1N. The van der Waals surface area contributed by atoms with E-state index in [0.717, 1.165) is 0 Å². The van der Waals surface area contributed by atoms with Gasteiger partial charge in [0.2, 0.25) is 5.89 Å². The van der Waals surface area contributed by atoms with E-state index in [-0.39, 0.29) is 29.9 Å². The molecule has 0 atom stereocenters. The van der Waals surface area contributed by atoms with Crippen LogP contribution < -0.4 is 10.6 Å². The molecule has 4 heterocycles. The lowest BCUT2D eigenvalue weighted by molar-refractivity contribution is -0.111. The Kier molecular flexibility index (Phi) is 4.10. The maximum absolute atomic E-state index is 14.2. The minimum atomic E-state index is -0.613. The topological polar surface area (TPSA) is 116 Å². The summed E-state index contributed by atoms with van der Waals surface area (Å²) in [6.07, 6.45) is 4.47. The van der Waals surface area contributed by atoms with Crippen LogP contribution in [0.5, 0.6) is 0 Å². The third-order valence-corrected chi connectivity index (χ3v) is 5.21. The summed E-state index contributed by atoms with van der Waals surface area (Å²) in [4.78, 5) is 26.4. The molecule has 9 nitrogen and oxygen atoms in total. The molecule has 0 spiro atoms. The van der Waals surface area contributed by atoms with Crippen LogP contribution in [0.25, 0.3) is 23.1 Å². The Morgan fingerprint density at radius 1 is 1.23 bits per heavy atom. The van der Waals surface area contributed by atoms with Crippen molar-refractivity contribution < 1.29 is 13.6 Å². The lowest BCUT2D eigenvalue weighted by Gasteiger charge is -2.08. The summed E-state index contributed by atoms with van der Waals surface area (Å²) in [5.41, 5.74) is 7.36. The fourth-order valence-electron chi connectivity index (χ4n) is 3.44. The number of halogens is 1. The molecule has 0 unspecified atom stereocenters. The van der Waals surface area contributed by atoms with Gasteiger partial charge in [-0.05, 0) is 19.9 Å². The monoisotopic (exact) mass is 419 g/mol. The Morgan fingerprint density at radius 3 is 2.65 bits per heavy atom. The number of hydrogen-bond donors (Lipinski definition) is 1. The summed E-state index contributed by atoms with van der Waals surface area (Å²) in [7, 11) is 0. The normalized spacial score (nSPS) is 14.8. The Balaban J connectivity index is 1.54. The van der Waals surface area contributed by atoms with Crippen molar-refractivity contribution in [1.82, 2.24) is 24.7 Å². The van der Waals surface area contributed by atoms with E-state index in [4.69, 9.17) is 10.2 Å². The number of rotatable bonds is 5. The molecule has 3 aromatic heterocycles. The van der Waals surface area contributed by atoms with Crippen LogP contribution in [-0.4, -0.2) is 36.2 Å². The Bertz CT molecular complexity index is 1300. The summed E-state index contributed by atoms with van der Waals surface area (Å²) < 4.78 is 21.2. The molecule has 10 heteroatoms. The summed E-state index contributed by atoms with van der Waals surface area (Å²) >= 11 is 0. The first-order valence-corrected chi connectivity index (χ1v) is 9.55. The number of anilines is 2. The van der Waals surface area contributed by atoms with Crippen molar-refractivity contribution in [2.75, 3.05) is 10.6 Å². The van der Waals surface area contributed by atoms with Gasteiger partial charge in [-0.25, -0.2) is 19.3 Å². The molecule has 4 aromatic rings. The van der Waals surface area contributed by atoms with Crippen LogP contribution in [0, 0.1) is 5.82 Å². The van der Waals surface area contributed by atoms with Crippen LogP contribution in [0.1, 0.15) is 19.4 Å². The largest absolute Gasteiger partial charge is 0.443 e. The summed E-state index contributed by atoms with van der Waals surface area (Å²) in [6.45, 7) is 3.76. The number of benzene rings is 1. The number of carbonyl (C=O) groups excluding carboxylic acids is 1. The number of carbonyl (C=O) groups is 1. The molecule has 0 radical (unpaired) electrons. The molecular weight excluding hydrogens is 401 g/mol. The molecule has 156 valence electrons. The zero-order valence-electron chi connectivity index (χ0n) is 16.8. The fraction of sp³-hybridized carbons (Fsp3) is 0.190. The number of nitrogens with two attached hydrogens (primary N) is 1. The van der Waals surface area contributed by atoms with Crippen molar-refractivity contribution in [3.05, 3.63) is 60.4 Å². The van der Waals surface area contributed by atoms with Gasteiger partial charge in [0.15, 0.2) is 11.6 Å². The first-order valence-electron chi connectivity index (χ1n) is 9.55. The van der Waals surface area contributed by atoms with Crippen LogP contribution in [0.3, 0.4) is 0 Å². The molecule has 1 aromatic carbocycles. The maximum Gasteiger partial charge on any atom is 0.253 e. The first kappa shape index (κ1) is 18.9. The molecule has 31 heavy (non-hydrogen) atoms. The molecular formula is C21H18FN7O2. The van der Waals surface area contributed by atoms with Gasteiger partial charge in [-0.15, -0.1) is 0 Å². The van der Waals surface area contributed by atoms with Gasteiger partial charge in [0.25, 0.3) is 5.91 Å². The Labute approximate surface area is 176 Å².